The molecule has 2 bridgehead atoms. The molecule has 3 rings (SSSR count). The molecular weight excluding hydrogens is 238 g/mol. The van der Waals surface area contributed by atoms with Gasteiger partial charge in [-0.3, -0.25) is 10.3 Å². The summed E-state index contributed by atoms with van der Waals surface area (Å²) in [6.07, 6.45) is 4.12. The van der Waals surface area contributed by atoms with Crippen LogP contribution in [0.2, 0.25) is 0 Å². The maximum Gasteiger partial charge on any atom is 0.129 e. The van der Waals surface area contributed by atoms with Gasteiger partial charge in [-0.2, -0.15) is 0 Å². The van der Waals surface area contributed by atoms with Crippen molar-refractivity contribution in [1.82, 2.24) is 4.90 Å². The van der Waals surface area contributed by atoms with Gasteiger partial charge in [0.2, 0.25) is 0 Å². The molecular formula is C15H21N3O. The fraction of sp³-hybridized carbons (Fsp3) is 0.533. The molecule has 4 heteroatoms. The number of nitrogens with two attached hydrogens (primary N) is 1. The fourth-order valence-electron chi connectivity index (χ4n) is 3.52. The van der Waals surface area contributed by atoms with Crippen LogP contribution in [0.3, 0.4) is 0 Å². The zero-order valence-corrected chi connectivity index (χ0v) is 11.4. The number of methoxy groups -OCH3 is 1. The predicted octanol–water partition coefficient (Wildman–Crippen LogP) is 1.96. The fourth-order valence-corrected chi connectivity index (χ4v) is 3.52. The van der Waals surface area contributed by atoms with Crippen molar-refractivity contribution in [3.8, 4) is 5.75 Å². The van der Waals surface area contributed by atoms with E-state index < -0.39 is 0 Å². The molecule has 4 nitrogen and oxygen atoms in total. The molecule has 1 heterocycles. The lowest BCUT2D eigenvalue weighted by Crippen LogP contribution is -2.31. The zero-order valence-electron chi connectivity index (χ0n) is 11.4. The van der Waals surface area contributed by atoms with Gasteiger partial charge in [0.15, 0.2) is 0 Å². The molecule has 1 aromatic rings. The van der Waals surface area contributed by atoms with E-state index in [1.54, 1.807) is 7.11 Å². The van der Waals surface area contributed by atoms with Crippen LogP contribution >= 0.6 is 0 Å². The highest BCUT2D eigenvalue weighted by Gasteiger charge is 2.37. The zero-order chi connectivity index (χ0) is 13.4. The standard InChI is InChI=1S/C15H21N3O/c1-19-14-5-3-11(7-13(14)15(16)17)9-18-8-10-2-4-12(18)6-10/h3,5,7,10,12H,2,4,6,8-9H2,1H3,(H3,16,17). The lowest BCUT2D eigenvalue weighted by atomic mass is 10.1. The molecule has 19 heavy (non-hydrogen) atoms. The monoisotopic (exact) mass is 259 g/mol. The number of hydrogen-bond acceptors (Lipinski definition) is 3. The number of fused-ring (bicyclic) bond motifs is 2. The molecule has 3 N–H and O–H groups in total. The second-order valence-electron chi connectivity index (χ2n) is 5.71. The summed E-state index contributed by atoms with van der Waals surface area (Å²) < 4.78 is 5.25. The summed E-state index contributed by atoms with van der Waals surface area (Å²) in [5, 5.41) is 7.63. The van der Waals surface area contributed by atoms with Crippen molar-refractivity contribution in [2.45, 2.75) is 31.8 Å². The number of likely N-dealkylation sites (tertiary alicyclic amines) is 1. The summed E-state index contributed by atoms with van der Waals surface area (Å²) in [6.45, 7) is 2.19. The Morgan fingerprint density at radius 2 is 2.32 bits per heavy atom. The Kier molecular flexibility index (Phi) is 3.19. The third-order valence-corrected chi connectivity index (χ3v) is 4.46. The van der Waals surface area contributed by atoms with Gasteiger partial charge in [0.1, 0.15) is 11.6 Å². The summed E-state index contributed by atoms with van der Waals surface area (Å²) in [5.74, 6) is 1.66. The Hall–Kier alpha value is -1.55. The average molecular weight is 259 g/mol. The number of rotatable bonds is 4. The van der Waals surface area contributed by atoms with Crippen molar-refractivity contribution < 1.29 is 4.74 Å². The first-order valence-electron chi connectivity index (χ1n) is 6.92. The molecule has 1 aliphatic carbocycles. The largest absolute Gasteiger partial charge is 0.496 e. The predicted molar refractivity (Wildman–Crippen MR) is 75.5 cm³/mol. The first kappa shape index (κ1) is 12.5. The molecule has 1 aliphatic heterocycles. The van der Waals surface area contributed by atoms with E-state index in [2.05, 4.69) is 11.0 Å². The van der Waals surface area contributed by atoms with Crippen molar-refractivity contribution in [2.24, 2.45) is 11.7 Å². The SMILES string of the molecule is COc1ccc(CN2CC3CCC2C3)cc1C(=N)N. The molecule has 0 amide bonds. The molecule has 102 valence electrons. The van der Waals surface area contributed by atoms with Gasteiger partial charge in [-0.15, -0.1) is 0 Å². The summed E-state index contributed by atoms with van der Waals surface area (Å²) >= 11 is 0. The van der Waals surface area contributed by atoms with E-state index in [1.165, 1.54) is 31.4 Å². The number of hydrogen-bond donors (Lipinski definition) is 2. The Morgan fingerprint density at radius 1 is 1.47 bits per heavy atom. The molecule has 0 spiro atoms. The molecule has 0 aromatic heterocycles. The van der Waals surface area contributed by atoms with Crippen molar-refractivity contribution in [3.05, 3.63) is 29.3 Å². The van der Waals surface area contributed by atoms with E-state index in [1.807, 2.05) is 12.1 Å². The highest BCUT2D eigenvalue weighted by molar-refractivity contribution is 5.97. The lowest BCUT2D eigenvalue weighted by Gasteiger charge is -2.27. The Morgan fingerprint density at radius 3 is 2.89 bits per heavy atom. The van der Waals surface area contributed by atoms with E-state index in [0.717, 1.165) is 18.5 Å². The van der Waals surface area contributed by atoms with Crippen LogP contribution in [-0.4, -0.2) is 30.4 Å². The van der Waals surface area contributed by atoms with Crippen molar-refractivity contribution >= 4 is 5.84 Å². The number of nitrogens with one attached hydrogen (secondary N) is 1. The van der Waals surface area contributed by atoms with Crippen LogP contribution < -0.4 is 10.5 Å². The highest BCUT2D eigenvalue weighted by Crippen LogP contribution is 2.38. The van der Waals surface area contributed by atoms with Gasteiger partial charge < -0.3 is 10.5 Å². The van der Waals surface area contributed by atoms with Crippen LogP contribution in [0.25, 0.3) is 0 Å². The minimum Gasteiger partial charge on any atom is -0.496 e. The molecule has 2 atom stereocenters. The highest BCUT2D eigenvalue weighted by atomic mass is 16.5. The number of piperidine rings is 1. The van der Waals surface area contributed by atoms with Gasteiger partial charge >= 0.3 is 0 Å². The van der Waals surface area contributed by atoms with Crippen LogP contribution in [0.1, 0.15) is 30.4 Å². The minimum absolute atomic E-state index is 0.0710. The maximum absolute atomic E-state index is 7.63. The third-order valence-electron chi connectivity index (χ3n) is 4.46. The molecule has 1 saturated carbocycles. The van der Waals surface area contributed by atoms with E-state index >= 15 is 0 Å². The van der Waals surface area contributed by atoms with Gasteiger partial charge in [-0.1, -0.05) is 6.07 Å². The molecule has 1 aromatic carbocycles. The van der Waals surface area contributed by atoms with Gasteiger partial charge in [-0.25, -0.2) is 0 Å². The molecule has 2 unspecified atom stereocenters. The maximum atomic E-state index is 7.63. The number of ether oxygens (including phenoxy) is 1. The van der Waals surface area contributed by atoms with E-state index in [4.69, 9.17) is 15.9 Å². The summed E-state index contributed by atoms with van der Waals surface area (Å²) in [6, 6.07) is 6.76. The second kappa shape index (κ2) is 4.85. The van der Waals surface area contributed by atoms with Crippen LogP contribution in [-0.2, 0) is 6.54 Å². The summed E-state index contributed by atoms with van der Waals surface area (Å²) in [5.41, 5.74) is 7.54. The van der Waals surface area contributed by atoms with Gasteiger partial charge in [0.05, 0.1) is 12.7 Å². The normalized spacial score (nSPS) is 25.7. The first-order valence-corrected chi connectivity index (χ1v) is 6.92. The topological polar surface area (TPSA) is 62.3 Å². The van der Waals surface area contributed by atoms with E-state index in [9.17, 15) is 0 Å². The summed E-state index contributed by atoms with van der Waals surface area (Å²) in [7, 11) is 1.61. The van der Waals surface area contributed by atoms with E-state index in [-0.39, 0.29) is 5.84 Å². The number of benzene rings is 1. The second-order valence-corrected chi connectivity index (χ2v) is 5.71. The van der Waals surface area contributed by atoms with Crippen LogP contribution in [0.5, 0.6) is 5.75 Å². The van der Waals surface area contributed by atoms with Crippen LogP contribution in [0.4, 0.5) is 0 Å². The minimum atomic E-state index is 0.0710. The van der Waals surface area contributed by atoms with Crippen molar-refractivity contribution in [2.75, 3.05) is 13.7 Å². The lowest BCUT2D eigenvalue weighted by molar-refractivity contribution is 0.205. The number of nitrogens with zero attached hydrogens (tertiary/aromatic N) is 1. The molecule has 1 saturated heterocycles. The van der Waals surface area contributed by atoms with Crippen LogP contribution in [0.15, 0.2) is 18.2 Å². The Labute approximate surface area is 114 Å². The smallest absolute Gasteiger partial charge is 0.129 e. The average Bonchev–Trinajstić information content (AvgIpc) is 3.01. The molecule has 2 aliphatic rings. The Balaban J connectivity index is 1.78. The molecule has 0 radical (unpaired) electrons. The quantitative estimate of drug-likeness (QED) is 0.642. The number of nitrogen functional groups attached to an aromatic ring is 1. The molecule has 2 fully saturated rings. The van der Waals surface area contributed by atoms with Crippen LogP contribution in [0, 0.1) is 11.3 Å². The summed E-state index contributed by atoms with van der Waals surface area (Å²) in [4.78, 5) is 2.57. The Bertz CT molecular complexity index is 500. The van der Waals surface area contributed by atoms with Crippen molar-refractivity contribution in [3.63, 3.8) is 0 Å². The third kappa shape index (κ3) is 2.32. The first-order chi connectivity index (χ1) is 9.17. The van der Waals surface area contributed by atoms with Gasteiger partial charge in [0, 0.05) is 19.1 Å². The van der Waals surface area contributed by atoms with E-state index in [0.29, 0.717) is 11.3 Å². The number of amidine groups is 1. The van der Waals surface area contributed by atoms with Gasteiger partial charge in [0.25, 0.3) is 0 Å². The van der Waals surface area contributed by atoms with Crippen molar-refractivity contribution in [1.29, 1.82) is 5.41 Å². The van der Waals surface area contributed by atoms with Gasteiger partial charge in [-0.05, 0) is 42.9 Å².